The second kappa shape index (κ2) is 3.71. The largest absolute Gasteiger partial charge is 0.0982 e. The maximum Gasteiger partial charge on any atom is -0.0138 e. The average Bonchev–Trinajstić information content (AvgIpc) is 1.56. The van der Waals surface area contributed by atoms with E-state index in [-0.39, 0.29) is 7.61 Å². The highest BCUT2D eigenvalue weighted by molar-refractivity contribution is 8.22. The van der Waals surface area contributed by atoms with E-state index in [1.165, 1.54) is 0 Å². The Morgan fingerprint density at radius 2 is 1.09 bits per heavy atom. The molecule has 0 fully saturated rings. The van der Waals surface area contributed by atoms with Crippen LogP contribution in [0.4, 0.5) is 0 Å². The highest BCUT2D eigenvalue weighted by Crippen LogP contribution is 2.70. The summed E-state index contributed by atoms with van der Waals surface area (Å²) in [5.41, 5.74) is 0. The Labute approximate surface area is 75.0 Å². The predicted molar refractivity (Wildman–Crippen MR) is 60.7 cm³/mol. The minimum Gasteiger partial charge on any atom is -0.0982 e. The molecule has 0 aromatic rings. The second-order valence-electron chi connectivity index (χ2n) is 4.90. The highest BCUT2D eigenvalue weighted by Gasteiger charge is 2.32. The summed E-state index contributed by atoms with van der Waals surface area (Å²) in [5, 5.41) is 1.06. The zero-order valence-corrected chi connectivity index (χ0v) is 10.8. The standard InChI is InChI=1S/C9H22P2/c1-8(2,3)11(10-7)9(4,5)6/h10H,1-7H3. The van der Waals surface area contributed by atoms with Crippen LogP contribution in [-0.4, -0.2) is 17.0 Å². The molecule has 68 valence electrons. The molecule has 0 aliphatic rings. The Hall–Kier alpha value is 0.860. The molecule has 0 aromatic heterocycles. The molecule has 0 aliphatic heterocycles. The van der Waals surface area contributed by atoms with Gasteiger partial charge in [0.15, 0.2) is 0 Å². The van der Waals surface area contributed by atoms with Crippen LogP contribution >= 0.6 is 15.9 Å². The molecule has 0 radical (unpaired) electrons. The Kier molecular flexibility index (Phi) is 4.00. The van der Waals surface area contributed by atoms with Gasteiger partial charge in [-0.3, -0.25) is 0 Å². The lowest BCUT2D eigenvalue weighted by atomic mass is 10.2. The van der Waals surface area contributed by atoms with Crippen molar-refractivity contribution in [3.8, 4) is 0 Å². The van der Waals surface area contributed by atoms with Crippen LogP contribution in [0.2, 0.25) is 0 Å². The number of hydrogen-bond acceptors (Lipinski definition) is 0. The van der Waals surface area contributed by atoms with Gasteiger partial charge in [-0.25, -0.2) is 0 Å². The van der Waals surface area contributed by atoms with Crippen LogP contribution in [-0.2, 0) is 0 Å². The molecule has 0 rings (SSSR count). The number of hydrogen-bond donors (Lipinski definition) is 0. The van der Waals surface area contributed by atoms with Gasteiger partial charge < -0.3 is 0 Å². The van der Waals surface area contributed by atoms with E-state index < -0.39 is 0 Å². The maximum absolute atomic E-state index is 2.38. The van der Waals surface area contributed by atoms with Crippen LogP contribution in [0.15, 0.2) is 0 Å². The minimum absolute atomic E-state index is 0.187. The molecule has 0 nitrogen and oxygen atoms in total. The Bertz CT molecular complexity index is 103. The summed E-state index contributed by atoms with van der Waals surface area (Å²) in [7, 11) is 1.30. The van der Waals surface area contributed by atoms with Crippen molar-refractivity contribution in [1.29, 1.82) is 0 Å². The monoisotopic (exact) mass is 192 g/mol. The van der Waals surface area contributed by atoms with Crippen LogP contribution in [0, 0.1) is 0 Å². The van der Waals surface area contributed by atoms with Crippen LogP contribution in [0.3, 0.4) is 0 Å². The zero-order chi connectivity index (χ0) is 9.28. The van der Waals surface area contributed by atoms with Gasteiger partial charge in [0.25, 0.3) is 0 Å². The molecular formula is C9H22P2. The van der Waals surface area contributed by atoms with Crippen molar-refractivity contribution in [2.75, 3.05) is 6.66 Å². The second-order valence-corrected chi connectivity index (χ2v) is 11.4. The summed E-state index contributed by atoms with van der Waals surface area (Å²) in [4.78, 5) is 0. The van der Waals surface area contributed by atoms with Crippen molar-refractivity contribution >= 4 is 15.9 Å². The summed E-state index contributed by atoms with van der Waals surface area (Å²) in [6, 6.07) is 0. The van der Waals surface area contributed by atoms with E-state index in [2.05, 4.69) is 48.2 Å². The number of rotatable bonds is 1. The van der Waals surface area contributed by atoms with Crippen molar-refractivity contribution in [2.24, 2.45) is 0 Å². The van der Waals surface area contributed by atoms with Crippen LogP contribution in [0.25, 0.3) is 0 Å². The molecule has 2 heteroatoms. The van der Waals surface area contributed by atoms with Gasteiger partial charge in [-0.1, -0.05) is 57.4 Å². The molecule has 0 spiro atoms. The molecule has 1 unspecified atom stereocenters. The van der Waals surface area contributed by atoms with Gasteiger partial charge in [-0.05, 0) is 17.0 Å². The van der Waals surface area contributed by atoms with Crippen molar-refractivity contribution in [3.63, 3.8) is 0 Å². The van der Waals surface area contributed by atoms with Gasteiger partial charge in [-0.15, -0.1) is 0 Å². The summed E-state index contributed by atoms with van der Waals surface area (Å²) in [5.74, 6) is 0. The highest BCUT2D eigenvalue weighted by atomic mass is 32.0. The fourth-order valence-corrected chi connectivity index (χ4v) is 9.06. The van der Waals surface area contributed by atoms with E-state index in [4.69, 9.17) is 0 Å². The van der Waals surface area contributed by atoms with Gasteiger partial charge in [-0.2, -0.15) is 0 Å². The topological polar surface area (TPSA) is 0 Å². The minimum atomic E-state index is 0.187. The summed E-state index contributed by atoms with van der Waals surface area (Å²) in [6.45, 7) is 16.6. The van der Waals surface area contributed by atoms with Gasteiger partial charge in [0.2, 0.25) is 0 Å². The van der Waals surface area contributed by atoms with E-state index in [1.54, 1.807) is 0 Å². The molecule has 0 saturated heterocycles. The summed E-state index contributed by atoms with van der Waals surface area (Å²) in [6.07, 6.45) is 0. The lowest BCUT2D eigenvalue weighted by Crippen LogP contribution is -2.22. The van der Waals surface area contributed by atoms with Crippen molar-refractivity contribution < 1.29 is 0 Å². The SMILES string of the molecule is CPP(C(C)(C)C)C(C)(C)C. The first-order valence-corrected chi connectivity index (χ1v) is 7.85. The van der Waals surface area contributed by atoms with Crippen LogP contribution < -0.4 is 0 Å². The van der Waals surface area contributed by atoms with Gasteiger partial charge in [0.05, 0.1) is 0 Å². The van der Waals surface area contributed by atoms with E-state index in [0.717, 1.165) is 8.27 Å². The lowest BCUT2D eigenvalue weighted by Gasteiger charge is -2.40. The predicted octanol–water partition coefficient (Wildman–Crippen LogP) is 4.29. The summed E-state index contributed by atoms with van der Waals surface area (Å²) < 4.78 is 0. The van der Waals surface area contributed by atoms with Crippen molar-refractivity contribution in [1.82, 2.24) is 0 Å². The molecule has 0 aliphatic carbocycles. The van der Waals surface area contributed by atoms with Crippen LogP contribution in [0.5, 0.6) is 0 Å². The third-order valence-electron chi connectivity index (χ3n) is 1.57. The smallest absolute Gasteiger partial charge is 0.0138 e. The quantitative estimate of drug-likeness (QED) is 0.544. The van der Waals surface area contributed by atoms with Gasteiger partial charge in [0, 0.05) is 0 Å². The van der Waals surface area contributed by atoms with Crippen molar-refractivity contribution in [3.05, 3.63) is 0 Å². The molecule has 1 atom stereocenters. The maximum atomic E-state index is 2.38. The van der Waals surface area contributed by atoms with E-state index in [9.17, 15) is 0 Å². The molecule has 0 aromatic carbocycles. The third-order valence-corrected chi connectivity index (χ3v) is 10.1. The molecule has 0 saturated carbocycles. The third kappa shape index (κ3) is 3.86. The van der Waals surface area contributed by atoms with E-state index in [0.29, 0.717) is 10.3 Å². The van der Waals surface area contributed by atoms with Crippen molar-refractivity contribution in [2.45, 2.75) is 51.9 Å². The Balaban J connectivity index is 4.43. The molecule has 11 heavy (non-hydrogen) atoms. The van der Waals surface area contributed by atoms with Gasteiger partial charge >= 0.3 is 0 Å². The fraction of sp³-hybridized carbons (Fsp3) is 1.00. The van der Waals surface area contributed by atoms with Crippen LogP contribution in [0.1, 0.15) is 41.5 Å². The first kappa shape index (κ1) is 11.9. The Morgan fingerprint density at radius 3 is 1.09 bits per heavy atom. The van der Waals surface area contributed by atoms with Gasteiger partial charge in [0.1, 0.15) is 0 Å². The molecule has 0 amide bonds. The molecule has 0 heterocycles. The molecular weight excluding hydrogens is 170 g/mol. The van der Waals surface area contributed by atoms with E-state index in [1.807, 2.05) is 0 Å². The molecule has 0 bridgehead atoms. The fourth-order valence-electron chi connectivity index (χ4n) is 1.68. The lowest BCUT2D eigenvalue weighted by molar-refractivity contribution is 0.720. The summed E-state index contributed by atoms with van der Waals surface area (Å²) >= 11 is 0. The Morgan fingerprint density at radius 1 is 0.818 bits per heavy atom. The first-order valence-electron chi connectivity index (χ1n) is 4.17. The normalized spacial score (nSPS) is 15.3. The molecule has 0 N–H and O–H groups in total. The van der Waals surface area contributed by atoms with E-state index >= 15 is 0 Å². The zero-order valence-electron chi connectivity index (χ0n) is 8.95. The average molecular weight is 192 g/mol. The first-order chi connectivity index (χ1) is 4.69.